The molecule has 1 heterocycles. The van der Waals surface area contributed by atoms with Gasteiger partial charge in [-0.05, 0) is 30.5 Å². The van der Waals surface area contributed by atoms with Crippen molar-refractivity contribution in [2.75, 3.05) is 20.3 Å². The predicted molar refractivity (Wildman–Crippen MR) is 80.0 cm³/mol. The highest BCUT2D eigenvalue weighted by molar-refractivity contribution is 5.82. The average molecular weight is 306 g/mol. The molecule has 0 bridgehead atoms. The van der Waals surface area contributed by atoms with Crippen LogP contribution in [0.2, 0.25) is 0 Å². The summed E-state index contributed by atoms with van der Waals surface area (Å²) in [6.45, 7) is 2.35. The van der Waals surface area contributed by atoms with Gasteiger partial charge in [0.15, 0.2) is 0 Å². The van der Waals surface area contributed by atoms with Crippen LogP contribution in [0.5, 0.6) is 5.75 Å². The first-order valence-corrected chi connectivity index (χ1v) is 6.92. The van der Waals surface area contributed by atoms with Crippen molar-refractivity contribution >= 4 is 16.9 Å². The molecule has 0 saturated carbocycles. The van der Waals surface area contributed by atoms with Crippen molar-refractivity contribution in [2.24, 2.45) is 0 Å². The number of hydrogen-bond acceptors (Lipinski definition) is 6. The number of carbonyl (C=O) groups is 1. The monoisotopic (exact) mass is 306 g/mol. The number of methoxy groups -OCH3 is 1. The minimum absolute atomic E-state index is 0.00839. The maximum absolute atomic E-state index is 11.6. The van der Waals surface area contributed by atoms with E-state index in [4.69, 9.17) is 13.9 Å². The number of phenols is 1. The van der Waals surface area contributed by atoms with Gasteiger partial charge >= 0.3 is 11.6 Å². The van der Waals surface area contributed by atoms with Crippen LogP contribution in [-0.2, 0) is 20.7 Å². The molecule has 0 radical (unpaired) electrons. The lowest BCUT2D eigenvalue weighted by Gasteiger charge is -2.08. The molecule has 6 heteroatoms. The lowest BCUT2D eigenvalue weighted by atomic mass is 10.0. The fourth-order valence-corrected chi connectivity index (χ4v) is 2.15. The fourth-order valence-electron chi connectivity index (χ4n) is 2.15. The third-order valence-corrected chi connectivity index (χ3v) is 3.30. The summed E-state index contributed by atoms with van der Waals surface area (Å²) in [5.41, 5.74) is 1.23. The van der Waals surface area contributed by atoms with Crippen LogP contribution in [-0.4, -0.2) is 31.4 Å². The van der Waals surface area contributed by atoms with E-state index in [1.54, 1.807) is 13.0 Å². The van der Waals surface area contributed by atoms with E-state index in [2.05, 4.69) is 0 Å². The van der Waals surface area contributed by atoms with Crippen LogP contribution < -0.4 is 5.63 Å². The summed E-state index contributed by atoms with van der Waals surface area (Å²) in [5.74, 6) is -0.362. The molecule has 0 amide bonds. The fraction of sp³-hybridized carbons (Fsp3) is 0.375. The number of benzene rings is 1. The molecule has 0 atom stereocenters. The Labute approximate surface area is 127 Å². The second-order valence-electron chi connectivity index (χ2n) is 4.94. The zero-order valence-electron chi connectivity index (χ0n) is 12.5. The molecule has 0 aliphatic rings. The zero-order valence-corrected chi connectivity index (χ0v) is 12.5. The largest absolute Gasteiger partial charge is 0.508 e. The van der Waals surface area contributed by atoms with Gasteiger partial charge in [0.2, 0.25) is 0 Å². The maximum Gasteiger partial charge on any atom is 0.336 e. The Hall–Kier alpha value is -2.34. The Bertz CT molecular complexity index is 731. The van der Waals surface area contributed by atoms with Crippen LogP contribution in [0.1, 0.15) is 17.5 Å². The van der Waals surface area contributed by atoms with Gasteiger partial charge in [0, 0.05) is 31.0 Å². The highest BCUT2D eigenvalue weighted by atomic mass is 16.6. The molecular formula is C16H18O6. The normalized spacial score (nSPS) is 10.8. The number of hydrogen-bond donors (Lipinski definition) is 1. The van der Waals surface area contributed by atoms with E-state index < -0.39 is 5.63 Å². The molecule has 6 nitrogen and oxygen atoms in total. The third-order valence-electron chi connectivity index (χ3n) is 3.30. The Morgan fingerprint density at radius 3 is 2.77 bits per heavy atom. The Morgan fingerprint density at radius 1 is 1.27 bits per heavy atom. The minimum atomic E-state index is -0.459. The number of aryl methyl sites for hydroxylation is 2. The number of ether oxygens (including phenoxy) is 2. The van der Waals surface area contributed by atoms with E-state index in [1.807, 2.05) is 0 Å². The Morgan fingerprint density at radius 2 is 2.05 bits per heavy atom. The Balaban J connectivity index is 2.13. The van der Waals surface area contributed by atoms with Crippen LogP contribution in [0.15, 0.2) is 27.4 Å². The van der Waals surface area contributed by atoms with Gasteiger partial charge in [-0.25, -0.2) is 4.79 Å². The van der Waals surface area contributed by atoms with Gasteiger partial charge in [-0.3, -0.25) is 4.79 Å². The molecule has 118 valence electrons. The molecule has 0 saturated heterocycles. The summed E-state index contributed by atoms with van der Waals surface area (Å²) in [6.07, 6.45) is 0.491. The van der Waals surface area contributed by atoms with Crippen molar-refractivity contribution in [1.82, 2.24) is 0 Å². The van der Waals surface area contributed by atoms with E-state index >= 15 is 0 Å². The second kappa shape index (κ2) is 7.09. The molecule has 0 aliphatic heterocycles. The molecule has 0 spiro atoms. The molecule has 2 aromatic rings. The summed E-state index contributed by atoms with van der Waals surface area (Å²) >= 11 is 0. The molecule has 0 unspecified atom stereocenters. The Kier molecular flexibility index (Phi) is 5.16. The van der Waals surface area contributed by atoms with Gasteiger partial charge < -0.3 is 19.0 Å². The van der Waals surface area contributed by atoms with Gasteiger partial charge in [-0.1, -0.05) is 0 Å². The van der Waals surface area contributed by atoms with Crippen LogP contribution in [0.4, 0.5) is 0 Å². The maximum atomic E-state index is 11.6. The van der Waals surface area contributed by atoms with Crippen molar-refractivity contribution in [3.8, 4) is 5.75 Å². The summed E-state index contributed by atoms with van der Waals surface area (Å²) in [5, 5.41) is 10.7. The van der Waals surface area contributed by atoms with Gasteiger partial charge in [0.25, 0.3) is 0 Å². The molecule has 0 fully saturated rings. The number of aromatic hydroxyl groups is 1. The van der Waals surface area contributed by atoms with Gasteiger partial charge in [-0.15, -0.1) is 0 Å². The first kappa shape index (κ1) is 16.0. The van der Waals surface area contributed by atoms with Crippen molar-refractivity contribution < 1.29 is 23.8 Å². The van der Waals surface area contributed by atoms with Crippen molar-refractivity contribution in [3.63, 3.8) is 0 Å². The highest BCUT2D eigenvalue weighted by Crippen LogP contribution is 2.27. The molecule has 1 N–H and O–H groups in total. The van der Waals surface area contributed by atoms with Gasteiger partial charge in [-0.2, -0.15) is 0 Å². The number of rotatable bonds is 6. The summed E-state index contributed by atoms with van der Waals surface area (Å²) in [4.78, 5) is 22.9. The molecular weight excluding hydrogens is 288 g/mol. The van der Waals surface area contributed by atoms with E-state index in [1.165, 1.54) is 19.2 Å². The SMILES string of the molecule is COCCOC(=O)CCc1cc2c(C)cc(=O)oc2cc1O. The van der Waals surface area contributed by atoms with Crippen molar-refractivity contribution in [3.05, 3.63) is 39.7 Å². The first-order valence-electron chi connectivity index (χ1n) is 6.92. The lowest BCUT2D eigenvalue weighted by Crippen LogP contribution is -2.10. The number of fused-ring (bicyclic) bond motifs is 1. The summed E-state index contributed by atoms with van der Waals surface area (Å²) in [6, 6.07) is 4.52. The smallest absolute Gasteiger partial charge is 0.336 e. The molecule has 1 aromatic heterocycles. The van der Waals surface area contributed by atoms with Gasteiger partial charge in [0.05, 0.1) is 6.61 Å². The van der Waals surface area contributed by atoms with Crippen LogP contribution in [0, 0.1) is 6.92 Å². The van der Waals surface area contributed by atoms with Gasteiger partial charge in [0.1, 0.15) is 17.9 Å². The average Bonchev–Trinajstić information content (AvgIpc) is 2.45. The zero-order chi connectivity index (χ0) is 16.1. The van der Waals surface area contributed by atoms with E-state index in [9.17, 15) is 14.7 Å². The highest BCUT2D eigenvalue weighted by Gasteiger charge is 2.11. The van der Waals surface area contributed by atoms with Crippen molar-refractivity contribution in [2.45, 2.75) is 19.8 Å². The molecule has 22 heavy (non-hydrogen) atoms. The minimum Gasteiger partial charge on any atom is -0.508 e. The quantitative estimate of drug-likeness (QED) is 0.498. The second-order valence-corrected chi connectivity index (χ2v) is 4.94. The summed E-state index contributed by atoms with van der Waals surface area (Å²) in [7, 11) is 1.53. The first-order chi connectivity index (χ1) is 10.5. The molecule has 2 rings (SSSR count). The predicted octanol–water partition coefficient (Wildman–Crippen LogP) is 1.93. The topological polar surface area (TPSA) is 86.0 Å². The molecule has 0 aliphatic carbocycles. The lowest BCUT2D eigenvalue weighted by molar-refractivity contribution is -0.144. The van der Waals surface area contributed by atoms with E-state index in [-0.39, 0.29) is 24.7 Å². The third kappa shape index (κ3) is 3.85. The number of phenolic OH excluding ortho intramolecular Hbond substituents is 1. The van der Waals surface area contributed by atoms with E-state index in [0.717, 1.165) is 10.9 Å². The number of carbonyl (C=O) groups excluding carboxylic acids is 1. The standard InChI is InChI=1S/C16H18O6/c1-10-7-16(19)22-14-9-13(17)11(8-12(10)14)3-4-15(18)21-6-5-20-2/h7-9,17H,3-6H2,1-2H3. The molecule has 1 aromatic carbocycles. The van der Waals surface area contributed by atoms with Crippen LogP contribution in [0.25, 0.3) is 11.0 Å². The number of esters is 1. The van der Waals surface area contributed by atoms with E-state index in [0.29, 0.717) is 24.2 Å². The van der Waals surface area contributed by atoms with Crippen molar-refractivity contribution in [1.29, 1.82) is 0 Å². The van der Waals surface area contributed by atoms with Crippen LogP contribution in [0.3, 0.4) is 0 Å². The van der Waals surface area contributed by atoms with Crippen LogP contribution >= 0.6 is 0 Å². The summed E-state index contributed by atoms with van der Waals surface area (Å²) < 4.78 is 14.8.